The fraction of sp³-hybridized carbons (Fsp3) is 0.882. The summed E-state index contributed by atoms with van der Waals surface area (Å²) in [7, 11) is 0. The number of hydrogen-bond donors (Lipinski definition) is 0. The normalized spacial score (nSPS) is 51.0. The van der Waals surface area contributed by atoms with E-state index in [1.807, 2.05) is 0 Å². The van der Waals surface area contributed by atoms with E-state index in [1.54, 1.807) is 0 Å². The monoisotopic (exact) mass is 286 g/mol. The lowest BCUT2D eigenvalue weighted by molar-refractivity contribution is 0.0537. The first-order valence-corrected chi connectivity index (χ1v) is 8.87. The first kappa shape index (κ1) is 11.5. The van der Waals surface area contributed by atoms with Crippen LogP contribution in [0.5, 0.6) is 0 Å². The van der Waals surface area contributed by atoms with Gasteiger partial charge in [0.15, 0.2) is 0 Å². The van der Waals surface area contributed by atoms with E-state index < -0.39 is 0 Å². The van der Waals surface area contributed by atoms with Crippen LogP contribution < -0.4 is 0 Å². The van der Waals surface area contributed by atoms with Crippen molar-refractivity contribution in [1.29, 1.82) is 0 Å². The molecule has 21 heavy (non-hydrogen) atoms. The summed E-state index contributed by atoms with van der Waals surface area (Å²) in [4.78, 5) is 11.7. The molecular formula is C17H22N2O2. The summed E-state index contributed by atoms with van der Waals surface area (Å²) in [5.41, 5.74) is 2.91. The standard InChI is InChI=1S/C17H22N2O2/c1-3-9-7-11-13(5-1)20-18-15(11)17(9)10-4-2-6-14-12(8-10)16(17)19-21-14/h9-14H,1-8H2/t9-,10-,11-,12-,13+,14+,17?/m0/s1. The molecule has 6 atom stereocenters. The molecule has 4 bridgehead atoms. The molecule has 0 amide bonds. The predicted molar refractivity (Wildman–Crippen MR) is 77.9 cm³/mol. The molecule has 4 fully saturated rings. The molecule has 0 unspecified atom stereocenters. The van der Waals surface area contributed by atoms with Gasteiger partial charge in [0.2, 0.25) is 0 Å². The van der Waals surface area contributed by atoms with Crippen molar-refractivity contribution >= 4 is 11.4 Å². The zero-order chi connectivity index (χ0) is 13.6. The van der Waals surface area contributed by atoms with Gasteiger partial charge in [-0.1, -0.05) is 10.3 Å². The number of fused-ring (bicyclic) bond motifs is 6. The van der Waals surface area contributed by atoms with Crippen molar-refractivity contribution in [2.75, 3.05) is 0 Å². The van der Waals surface area contributed by atoms with Crippen LogP contribution in [0.1, 0.15) is 51.4 Å². The van der Waals surface area contributed by atoms with E-state index in [1.165, 1.54) is 62.8 Å². The summed E-state index contributed by atoms with van der Waals surface area (Å²) in [6, 6.07) is 0. The second-order valence-electron chi connectivity index (χ2n) is 8.05. The Morgan fingerprint density at radius 2 is 1.29 bits per heavy atom. The van der Waals surface area contributed by atoms with Crippen LogP contribution in [0.2, 0.25) is 0 Å². The Kier molecular flexibility index (Phi) is 1.99. The summed E-state index contributed by atoms with van der Waals surface area (Å²) < 4.78 is 0. The van der Waals surface area contributed by atoms with Crippen LogP contribution in [0.3, 0.4) is 0 Å². The largest absolute Gasteiger partial charge is 0.392 e. The van der Waals surface area contributed by atoms with Gasteiger partial charge in [0.05, 0.1) is 16.8 Å². The molecule has 6 aliphatic rings. The molecule has 0 aromatic carbocycles. The van der Waals surface area contributed by atoms with E-state index in [0.717, 1.165) is 11.8 Å². The Balaban J connectivity index is 1.57. The van der Waals surface area contributed by atoms with Crippen molar-refractivity contribution in [3.8, 4) is 0 Å². The summed E-state index contributed by atoms with van der Waals surface area (Å²) in [6.07, 6.45) is 11.0. The summed E-state index contributed by atoms with van der Waals surface area (Å²) in [6.45, 7) is 0. The average molecular weight is 286 g/mol. The third-order valence-electron chi connectivity index (χ3n) is 7.47. The lowest BCUT2D eigenvalue weighted by Gasteiger charge is -2.37. The molecular weight excluding hydrogens is 264 g/mol. The lowest BCUT2D eigenvalue weighted by atomic mass is 9.63. The molecule has 6 rings (SSSR count). The number of rotatable bonds is 0. The molecule has 0 radical (unpaired) electrons. The molecule has 4 saturated carbocycles. The van der Waals surface area contributed by atoms with Gasteiger partial charge < -0.3 is 9.68 Å². The van der Waals surface area contributed by atoms with E-state index in [0.29, 0.717) is 24.0 Å². The zero-order valence-electron chi connectivity index (χ0n) is 12.3. The number of oxime groups is 2. The van der Waals surface area contributed by atoms with Crippen LogP contribution in [0.15, 0.2) is 10.3 Å². The van der Waals surface area contributed by atoms with E-state index in [4.69, 9.17) is 9.68 Å². The van der Waals surface area contributed by atoms with Crippen LogP contribution in [-0.2, 0) is 9.68 Å². The number of hydrogen-bond acceptors (Lipinski definition) is 4. The molecule has 4 aliphatic carbocycles. The summed E-state index contributed by atoms with van der Waals surface area (Å²) in [5, 5.41) is 9.33. The highest BCUT2D eigenvalue weighted by Crippen LogP contribution is 2.65. The smallest absolute Gasteiger partial charge is 0.135 e. The minimum atomic E-state index is 0.139. The van der Waals surface area contributed by atoms with Crippen LogP contribution in [0.25, 0.3) is 0 Å². The van der Waals surface area contributed by atoms with Crippen molar-refractivity contribution in [3.05, 3.63) is 0 Å². The molecule has 4 nitrogen and oxygen atoms in total. The van der Waals surface area contributed by atoms with Crippen molar-refractivity contribution in [1.82, 2.24) is 0 Å². The van der Waals surface area contributed by atoms with Crippen molar-refractivity contribution < 1.29 is 9.68 Å². The minimum absolute atomic E-state index is 0.139. The van der Waals surface area contributed by atoms with Crippen LogP contribution in [0, 0.1) is 29.1 Å². The van der Waals surface area contributed by atoms with Gasteiger partial charge in [-0.25, -0.2) is 0 Å². The Hall–Kier alpha value is -1.06. The van der Waals surface area contributed by atoms with Crippen molar-refractivity contribution in [3.63, 3.8) is 0 Å². The van der Waals surface area contributed by atoms with Gasteiger partial charge in [0.25, 0.3) is 0 Å². The van der Waals surface area contributed by atoms with Gasteiger partial charge in [-0.15, -0.1) is 0 Å². The maximum absolute atomic E-state index is 5.85. The van der Waals surface area contributed by atoms with Crippen molar-refractivity contribution in [2.45, 2.75) is 63.6 Å². The zero-order valence-corrected chi connectivity index (χ0v) is 12.3. The van der Waals surface area contributed by atoms with Gasteiger partial charge in [-0.3, -0.25) is 0 Å². The summed E-state index contributed by atoms with van der Waals surface area (Å²) in [5.74, 6) is 2.67. The van der Waals surface area contributed by atoms with E-state index >= 15 is 0 Å². The lowest BCUT2D eigenvalue weighted by Crippen LogP contribution is -2.45. The molecule has 2 aliphatic heterocycles. The second kappa shape index (κ2) is 3.64. The van der Waals surface area contributed by atoms with Crippen molar-refractivity contribution in [2.24, 2.45) is 39.4 Å². The van der Waals surface area contributed by atoms with Gasteiger partial charge in [-0.2, -0.15) is 0 Å². The Labute approximate surface area is 124 Å². The van der Waals surface area contributed by atoms with Crippen LogP contribution >= 0.6 is 0 Å². The van der Waals surface area contributed by atoms with E-state index in [2.05, 4.69) is 10.3 Å². The SMILES string of the molecule is C1C[C@H]2C[C@@H]3C(=NO[C@@H]3C1)C21C2=NO[C@@H]3CCC[C@H]1C[C@H]23. The Morgan fingerprint density at radius 3 is 1.81 bits per heavy atom. The molecule has 0 aromatic heterocycles. The highest BCUT2D eigenvalue weighted by Gasteiger charge is 2.70. The fourth-order valence-electron chi connectivity index (χ4n) is 6.79. The maximum Gasteiger partial charge on any atom is 0.135 e. The van der Waals surface area contributed by atoms with Gasteiger partial charge in [0, 0.05) is 11.8 Å². The van der Waals surface area contributed by atoms with Gasteiger partial charge in [-0.05, 0) is 63.2 Å². The average Bonchev–Trinajstić information content (AvgIpc) is 3.14. The van der Waals surface area contributed by atoms with E-state index in [9.17, 15) is 0 Å². The highest BCUT2D eigenvalue weighted by molar-refractivity contribution is 6.17. The minimum Gasteiger partial charge on any atom is -0.392 e. The van der Waals surface area contributed by atoms with Crippen LogP contribution in [0.4, 0.5) is 0 Å². The number of nitrogens with zero attached hydrogens (tertiary/aromatic N) is 2. The predicted octanol–water partition coefficient (Wildman–Crippen LogP) is 3.12. The quantitative estimate of drug-likeness (QED) is 0.686. The van der Waals surface area contributed by atoms with Gasteiger partial charge in [0.1, 0.15) is 12.2 Å². The Morgan fingerprint density at radius 1 is 0.762 bits per heavy atom. The molecule has 0 aromatic rings. The van der Waals surface area contributed by atoms with Crippen LogP contribution in [-0.4, -0.2) is 23.6 Å². The second-order valence-corrected chi connectivity index (χ2v) is 8.05. The molecule has 2 heterocycles. The summed E-state index contributed by atoms with van der Waals surface area (Å²) >= 11 is 0. The Bertz CT molecular complexity index is 519. The third-order valence-corrected chi connectivity index (χ3v) is 7.47. The molecule has 0 N–H and O–H groups in total. The first-order valence-electron chi connectivity index (χ1n) is 8.87. The molecule has 112 valence electrons. The van der Waals surface area contributed by atoms with Gasteiger partial charge >= 0.3 is 0 Å². The molecule has 1 spiro atoms. The maximum atomic E-state index is 5.85. The van der Waals surface area contributed by atoms with E-state index in [-0.39, 0.29) is 5.41 Å². The topological polar surface area (TPSA) is 43.2 Å². The molecule has 4 heteroatoms. The highest BCUT2D eigenvalue weighted by atomic mass is 16.6. The fourth-order valence-corrected chi connectivity index (χ4v) is 6.79. The first-order chi connectivity index (χ1) is 10.4. The third kappa shape index (κ3) is 1.14. The molecule has 0 saturated heterocycles.